The number of carbonyl (C=O) groups excluding carboxylic acids is 1. The smallest absolute Gasteiger partial charge is 0.269 e. The number of likely N-dealkylation sites (tertiary alicyclic amines) is 1. The van der Waals surface area contributed by atoms with Crippen LogP contribution in [0.5, 0.6) is 0 Å². The minimum absolute atomic E-state index is 0.0942. The van der Waals surface area contributed by atoms with Crippen molar-refractivity contribution in [3.8, 4) is 0 Å². The van der Waals surface area contributed by atoms with E-state index in [9.17, 15) is 14.9 Å². The lowest BCUT2D eigenvalue weighted by Gasteiger charge is -2.36. The Hall–Kier alpha value is -2.74. The molecule has 0 radical (unpaired) electrons. The number of rotatable bonds is 5. The number of nitro groups is 1. The minimum atomic E-state index is -0.365. The van der Waals surface area contributed by atoms with Crippen molar-refractivity contribution in [2.75, 3.05) is 13.1 Å². The Balaban J connectivity index is 1.55. The number of carbonyl (C=O) groups is 1. The van der Waals surface area contributed by atoms with Gasteiger partial charge in [0.25, 0.3) is 11.6 Å². The number of aryl methyl sites for hydroxylation is 1. The van der Waals surface area contributed by atoms with E-state index in [-0.39, 0.29) is 28.6 Å². The van der Waals surface area contributed by atoms with E-state index in [2.05, 4.69) is 22.2 Å². The molecule has 1 saturated heterocycles. The number of aromatic nitrogens is 2. The van der Waals surface area contributed by atoms with E-state index in [0.717, 1.165) is 31.5 Å². The quantitative estimate of drug-likeness (QED) is 0.654. The Morgan fingerprint density at radius 3 is 2.73 bits per heavy atom. The highest BCUT2D eigenvalue weighted by Gasteiger charge is 2.25. The highest BCUT2D eigenvalue weighted by molar-refractivity contribution is 5.93. The number of nitro benzene ring substituents is 1. The van der Waals surface area contributed by atoms with E-state index in [4.69, 9.17) is 0 Å². The molecule has 26 heavy (non-hydrogen) atoms. The van der Waals surface area contributed by atoms with E-state index in [1.807, 2.05) is 6.07 Å². The van der Waals surface area contributed by atoms with Gasteiger partial charge in [-0.05, 0) is 25.3 Å². The molecule has 1 amide bonds. The summed E-state index contributed by atoms with van der Waals surface area (Å²) in [6.07, 6.45) is 4.97. The molecule has 1 aromatic heterocycles. The predicted octanol–water partition coefficient (Wildman–Crippen LogP) is 2.28. The molecule has 0 bridgehead atoms. The third-order valence-electron chi connectivity index (χ3n) is 4.94. The first-order valence-electron chi connectivity index (χ1n) is 8.72. The zero-order valence-electron chi connectivity index (χ0n) is 15.0. The molecule has 0 spiro atoms. The van der Waals surface area contributed by atoms with Crippen LogP contribution in [-0.2, 0) is 7.05 Å². The van der Waals surface area contributed by atoms with Gasteiger partial charge in [0.1, 0.15) is 0 Å². The van der Waals surface area contributed by atoms with Gasteiger partial charge < -0.3 is 5.32 Å². The minimum Gasteiger partial charge on any atom is -0.349 e. The van der Waals surface area contributed by atoms with Gasteiger partial charge in [-0.1, -0.05) is 12.1 Å². The molecule has 1 aliphatic rings. The van der Waals surface area contributed by atoms with Crippen molar-refractivity contribution < 1.29 is 9.72 Å². The van der Waals surface area contributed by atoms with Crippen LogP contribution < -0.4 is 5.32 Å². The summed E-state index contributed by atoms with van der Waals surface area (Å²) in [5.74, 6) is -0.0942. The highest BCUT2D eigenvalue weighted by atomic mass is 16.6. The van der Waals surface area contributed by atoms with E-state index in [1.165, 1.54) is 6.07 Å². The molecule has 1 N–H and O–H groups in total. The Bertz CT molecular complexity index is 796. The predicted molar refractivity (Wildman–Crippen MR) is 96.8 cm³/mol. The van der Waals surface area contributed by atoms with E-state index in [0.29, 0.717) is 5.56 Å². The Morgan fingerprint density at radius 1 is 1.38 bits per heavy atom. The molecule has 2 aromatic rings. The second-order valence-corrected chi connectivity index (χ2v) is 6.71. The summed E-state index contributed by atoms with van der Waals surface area (Å²) < 4.78 is 1.61. The molecule has 2 heterocycles. The van der Waals surface area contributed by atoms with E-state index < -0.39 is 0 Å². The monoisotopic (exact) mass is 357 g/mol. The molecular formula is C18H23N5O3. The molecule has 0 unspecified atom stereocenters. The van der Waals surface area contributed by atoms with Gasteiger partial charge in [0.05, 0.1) is 16.7 Å². The maximum atomic E-state index is 12.2. The molecule has 0 aliphatic carbocycles. The summed E-state index contributed by atoms with van der Waals surface area (Å²) in [5, 5.41) is 18.0. The van der Waals surface area contributed by atoms with E-state index >= 15 is 0 Å². The molecule has 138 valence electrons. The summed E-state index contributed by atoms with van der Waals surface area (Å²) in [5.41, 5.74) is 1.63. The van der Waals surface area contributed by atoms with Crippen molar-refractivity contribution in [3.63, 3.8) is 0 Å². The van der Waals surface area contributed by atoms with Crippen LogP contribution in [-0.4, -0.2) is 44.6 Å². The van der Waals surface area contributed by atoms with Crippen LogP contribution in [0.3, 0.4) is 0 Å². The number of benzene rings is 1. The zero-order valence-corrected chi connectivity index (χ0v) is 15.0. The maximum Gasteiger partial charge on any atom is 0.269 e. The van der Waals surface area contributed by atoms with Gasteiger partial charge in [-0.2, -0.15) is 5.10 Å². The van der Waals surface area contributed by atoms with Crippen LogP contribution in [0.2, 0.25) is 0 Å². The number of hydrogen-bond acceptors (Lipinski definition) is 5. The number of nitrogens with zero attached hydrogens (tertiary/aromatic N) is 4. The van der Waals surface area contributed by atoms with Gasteiger partial charge >= 0.3 is 0 Å². The summed E-state index contributed by atoms with van der Waals surface area (Å²) in [6, 6.07) is 7.04. The van der Waals surface area contributed by atoms with Crippen molar-refractivity contribution in [1.82, 2.24) is 20.0 Å². The third kappa shape index (κ3) is 4.08. The first-order valence-corrected chi connectivity index (χ1v) is 8.72. The van der Waals surface area contributed by atoms with Crippen LogP contribution in [0, 0.1) is 10.1 Å². The van der Waals surface area contributed by atoms with Crippen molar-refractivity contribution in [1.29, 1.82) is 0 Å². The largest absolute Gasteiger partial charge is 0.349 e. The van der Waals surface area contributed by atoms with Crippen LogP contribution in [0.1, 0.15) is 41.7 Å². The van der Waals surface area contributed by atoms with Gasteiger partial charge in [-0.3, -0.25) is 24.5 Å². The number of piperidine rings is 1. The first-order chi connectivity index (χ1) is 12.4. The molecule has 0 saturated carbocycles. The highest BCUT2D eigenvalue weighted by Crippen LogP contribution is 2.26. The van der Waals surface area contributed by atoms with Crippen molar-refractivity contribution in [3.05, 3.63) is 57.9 Å². The average molecular weight is 357 g/mol. The summed E-state index contributed by atoms with van der Waals surface area (Å²) >= 11 is 0. The standard InChI is InChI=1S/C18H23N5O3/c1-13(14-4-3-5-17(10-14)23(25)26)22-8-6-16(7-9-22)20-18(24)15-11-19-21(2)12-15/h3-5,10-13,16H,6-9H2,1-2H3,(H,20,24)/t13-/m0/s1. The Labute approximate surface area is 151 Å². The van der Waals surface area contributed by atoms with Crippen LogP contribution >= 0.6 is 0 Å². The third-order valence-corrected chi connectivity index (χ3v) is 4.94. The molecule has 1 aliphatic heterocycles. The summed E-state index contributed by atoms with van der Waals surface area (Å²) in [4.78, 5) is 25.1. The van der Waals surface area contributed by atoms with Crippen LogP contribution in [0.15, 0.2) is 36.7 Å². The molecule has 1 atom stereocenters. The summed E-state index contributed by atoms with van der Waals surface area (Å²) in [6.45, 7) is 3.73. The number of amides is 1. The Morgan fingerprint density at radius 2 is 2.12 bits per heavy atom. The molecule has 3 rings (SSSR count). The maximum absolute atomic E-state index is 12.2. The SMILES string of the molecule is C[C@@H](c1cccc([N+](=O)[O-])c1)N1CCC(NC(=O)c2cnn(C)c2)CC1. The van der Waals surface area contributed by atoms with Crippen molar-refractivity contribution in [2.24, 2.45) is 7.05 Å². The topological polar surface area (TPSA) is 93.3 Å². The second kappa shape index (κ2) is 7.65. The van der Waals surface area contributed by atoms with Gasteiger partial charge in [-0.25, -0.2) is 0 Å². The molecular weight excluding hydrogens is 334 g/mol. The lowest BCUT2D eigenvalue weighted by molar-refractivity contribution is -0.385. The van der Waals surface area contributed by atoms with Crippen LogP contribution in [0.4, 0.5) is 5.69 Å². The number of non-ortho nitro benzene ring substituents is 1. The fourth-order valence-corrected chi connectivity index (χ4v) is 3.35. The fourth-order valence-electron chi connectivity index (χ4n) is 3.35. The van der Waals surface area contributed by atoms with Gasteiger partial charge in [0.2, 0.25) is 0 Å². The lowest BCUT2D eigenvalue weighted by Crippen LogP contribution is -2.45. The van der Waals surface area contributed by atoms with Crippen molar-refractivity contribution in [2.45, 2.75) is 31.8 Å². The van der Waals surface area contributed by atoms with E-state index in [1.54, 1.807) is 36.3 Å². The second-order valence-electron chi connectivity index (χ2n) is 6.71. The first kappa shape index (κ1) is 18.1. The fraction of sp³-hybridized carbons (Fsp3) is 0.444. The zero-order chi connectivity index (χ0) is 18.7. The molecule has 8 nitrogen and oxygen atoms in total. The van der Waals surface area contributed by atoms with Crippen molar-refractivity contribution >= 4 is 11.6 Å². The number of nitrogens with one attached hydrogen (secondary N) is 1. The van der Waals surface area contributed by atoms with Gasteiger partial charge in [0.15, 0.2) is 0 Å². The van der Waals surface area contributed by atoms with Gasteiger partial charge in [0, 0.05) is 50.6 Å². The molecule has 1 fully saturated rings. The van der Waals surface area contributed by atoms with Gasteiger partial charge in [-0.15, -0.1) is 0 Å². The number of hydrogen-bond donors (Lipinski definition) is 1. The molecule has 8 heteroatoms. The average Bonchev–Trinajstić information content (AvgIpc) is 3.08. The Kier molecular flexibility index (Phi) is 5.32. The van der Waals surface area contributed by atoms with Crippen LogP contribution in [0.25, 0.3) is 0 Å². The summed E-state index contributed by atoms with van der Waals surface area (Å²) in [7, 11) is 1.78. The molecule has 1 aromatic carbocycles. The normalized spacial score (nSPS) is 17.0. The lowest BCUT2D eigenvalue weighted by atomic mass is 9.99.